The zero-order valence-corrected chi connectivity index (χ0v) is 12.4. The number of esters is 1. The molecule has 0 aliphatic carbocycles. The Morgan fingerprint density at radius 1 is 1.27 bits per heavy atom. The molecule has 1 aliphatic rings. The minimum absolute atomic E-state index is 0.0301. The van der Waals surface area contributed by atoms with Crippen LogP contribution in [0.25, 0.3) is 0 Å². The lowest BCUT2D eigenvalue weighted by Gasteiger charge is -2.11. The molecule has 22 heavy (non-hydrogen) atoms. The molecule has 3 rings (SSSR count). The highest BCUT2D eigenvalue weighted by Gasteiger charge is 2.30. The second-order valence-corrected chi connectivity index (χ2v) is 5.05. The standard InChI is InChI=1S/C17H16N2O3/c1-11-15(19-11)16-14(8-13(9-18-16)17(20)21-2)22-10-12-6-4-3-5-7-12/h3-9,15H,10H2,1-2H3. The molecule has 2 heterocycles. The SMILES string of the molecule is COC(=O)c1cnc(C2N=C2C)c(OCc2ccccc2)c1. The lowest BCUT2D eigenvalue weighted by atomic mass is 10.1. The van der Waals surface area contributed by atoms with Crippen molar-refractivity contribution < 1.29 is 14.3 Å². The van der Waals surface area contributed by atoms with Gasteiger partial charge in [-0.2, -0.15) is 0 Å². The molecule has 0 N–H and O–H groups in total. The fraction of sp³-hybridized carbons (Fsp3) is 0.235. The van der Waals surface area contributed by atoms with Crippen LogP contribution in [0.3, 0.4) is 0 Å². The van der Waals surface area contributed by atoms with Crippen LogP contribution in [0.15, 0.2) is 47.6 Å². The maximum absolute atomic E-state index is 11.7. The molecule has 0 fully saturated rings. The van der Waals surface area contributed by atoms with E-state index in [-0.39, 0.29) is 6.04 Å². The van der Waals surface area contributed by atoms with Crippen LogP contribution >= 0.6 is 0 Å². The average molecular weight is 296 g/mol. The quantitative estimate of drug-likeness (QED) is 0.796. The van der Waals surface area contributed by atoms with Crippen LogP contribution in [0.1, 0.15) is 34.6 Å². The van der Waals surface area contributed by atoms with Gasteiger partial charge in [0.15, 0.2) is 0 Å². The molecular weight excluding hydrogens is 280 g/mol. The summed E-state index contributed by atoms with van der Waals surface area (Å²) in [6.45, 7) is 2.35. The predicted octanol–water partition coefficient (Wildman–Crippen LogP) is 2.96. The van der Waals surface area contributed by atoms with Crippen molar-refractivity contribution in [2.24, 2.45) is 4.99 Å². The zero-order chi connectivity index (χ0) is 15.5. The number of pyridine rings is 1. The van der Waals surface area contributed by atoms with Gasteiger partial charge in [0, 0.05) is 11.9 Å². The second-order valence-electron chi connectivity index (χ2n) is 5.05. The lowest BCUT2D eigenvalue weighted by Crippen LogP contribution is -2.07. The highest BCUT2D eigenvalue weighted by molar-refractivity contribution is 5.99. The first-order valence-corrected chi connectivity index (χ1v) is 6.98. The van der Waals surface area contributed by atoms with Crippen molar-refractivity contribution in [3.8, 4) is 5.75 Å². The minimum atomic E-state index is -0.433. The summed E-state index contributed by atoms with van der Waals surface area (Å²) >= 11 is 0. The summed E-state index contributed by atoms with van der Waals surface area (Å²) < 4.78 is 10.6. The first-order chi connectivity index (χ1) is 10.7. The summed E-state index contributed by atoms with van der Waals surface area (Å²) in [7, 11) is 1.34. The highest BCUT2D eigenvalue weighted by Crippen LogP contribution is 2.36. The van der Waals surface area contributed by atoms with Crippen LogP contribution in [0.4, 0.5) is 0 Å². The summed E-state index contributed by atoms with van der Waals surface area (Å²) in [6.07, 6.45) is 1.50. The molecule has 1 aliphatic heterocycles. The number of carbonyl (C=O) groups excluding carboxylic acids is 1. The lowest BCUT2D eigenvalue weighted by molar-refractivity contribution is 0.0599. The molecule has 5 heteroatoms. The smallest absolute Gasteiger partial charge is 0.339 e. The van der Waals surface area contributed by atoms with Gasteiger partial charge in [0.25, 0.3) is 0 Å². The molecule has 0 bridgehead atoms. The number of carbonyl (C=O) groups is 1. The Labute approximate surface area is 128 Å². The van der Waals surface area contributed by atoms with E-state index < -0.39 is 5.97 Å². The van der Waals surface area contributed by atoms with Crippen molar-refractivity contribution in [2.75, 3.05) is 7.11 Å². The largest absolute Gasteiger partial charge is 0.487 e. The van der Waals surface area contributed by atoms with Crippen LogP contribution in [-0.4, -0.2) is 23.8 Å². The molecule has 5 nitrogen and oxygen atoms in total. The molecule has 0 amide bonds. The van der Waals surface area contributed by atoms with Gasteiger partial charge in [0.05, 0.1) is 12.7 Å². The molecule has 112 valence electrons. The Morgan fingerprint density at radius 3 is 2.64 bits per heavy atom. The third-order valence-electron chi connectivity index (χ3n) is 3.46. The summed E-state index contributed by atoms with van der Waals surface area (Å²) in [5.41, 5.74) is 3.17. The van der Waals surface area contributed by atoms with E-state index in [1.54, 1.807) is 6.07 Å². The fourth-order valence-electron chi connectivity index (χ4n) is 2.17. The molecule has 0 spiro atoms. The Kier molecular flexibility index (Phi) is 3.87. The molecule has 2 aromatic rings. The Hall–Kier alpha value is -2.69. The van der Waals surface area contributed by atoms with Gasteiger partial charge in [-0.05, 0) is 18.6 Å². The van der Waals surface area contributed by atoms with E-state index in [0.29, 0.717) is 17.9 Å². The van der Waals surface area contributed by atoms with Gasteiger partial charge in [-0.15, -0.1) is 0 Å². The van der Waals surface area contributed by atoms with Crippen molar-refractivity contribution >= 4 is 11.7 Å². The van der Waals surface area contributed by atoms with Crippen molar-refractivity contribution in [3.63, 3.8) is 0 Å². The number of benzene rings is 1. The number of aromatic nitrogens is 1. The first-order valence-electron chi connectivity index (χ1n) is 6.98. The number of nitrogens with zero attached hydrogens (tertiary/aromatic N) is 2. The third-order valence-corrected chi connectivity index (χ3v) is 3.46. The van der Waals surface area contributed by atoms with Gasteiger partial charge in [0.1, 0.15) is 24.1 Å². The normalized spacial score (nSPS) is 15.9. The molecule has 0 radical (unpaired) electrons. The topological polar surface area (TPSA) is 60.8 Å². The number of rotatable bonds is 5. The Balaban J connectivity index is 1.84. The predicted molar refractivity (Wildman–Crippen MR) is 82.2 cm³/mol. The van der Waals surface area contributed by atoms with Crippen molar-refractivity contribution in [1.29, 1.82) is 0 Å². The number of aliphatic imine (C=N–C) groups is 1. The van der Waals surface area contributed by atoms with Crippen LogP contribution in [0, 0.1) is 0 Å². The third kappa shape index (κ3) is 2.98. The Morgan fingerprint density at radius 2 is 2.00 bits per heavy atom. The number of hydrogen-bond donors (Lipinski definition) is 0. The van der Waals surface area contributed by atoms with Crippen LogP contribution in [0.2, 0.25) is 0 Å². The van der Waals surface area contributed by atoms with E-state index in [0.717, 1.165) is 17.0 Å². The van der Waals surface area contributed by atoms with Crippen LogP contribution in [-0.2, 0) is 11.3 Å². The molecule has 1 aromatic carbocycles. The van der Waals surface area contributed by atoms with E-state index in [9.17, 15) is 4.79 Å². The maximum atomic E-state index is 11.7. The van der Waals surface area contributed by atoms with E-state index >= 15 is 0 Å². The van der Waals surface area contributed by atoms with Gasteiger partial charge >= 0.3 is 5.97 Å². The number of methoxy groups -OCH3 is 1. The molecular formula is C17H16N2O3. The maximum Gasteiger partial charge on any atom is 0.339 e. The van der Waals surface area contributed by atoms with Crippen molar-refractivity contribution in [2.45, 2.75) is 19.6 Å². The summed E-state index contributed by atoms with van der Waals surface area (Å²) in [6, 6.07) is 11.5. The number of hydrogen-bond acceptors (Lipinski definition) is 5. The van der Waals surface area contributed by atoms with Crippen molar-refractivity contribution in [1.82, 2.24) is 4.98 Å². The van der Waals surface area contributed by atoms with E-state index in [2.05, 4.69) is 9.98 Å². The minimum Gasteiger partial charge on any atom is -0.487 e. The molecule has 0 saturated carbocycles. The average Bonchev–Trinajstić information content (AvgIpc) is 3.29. The highest BCUT2D eigenvalue weighted by atomic mass is 16.5. The van der Waals surface area contributed by atoms with Gasteiger partial charge in [-0.3, -0.25) is 9.98 Å². The van der Waals surface area contributed by atoms with Crippen molar-refractivity contribution in [3.05, 3.63) is 59.4 Å². The fourth-order valence-corrected chi connectivity index (χ4v) is 2.17. The first kappa shape index (κ1) is 14.3. The van der Waals surface area contributed by atoms with E-state index in [1.807, 2.05) is 37.3 Å². The van der Waals surface area contributed by atoms with Crippen LogP contribution < -0.4 is 4.74 Å². The monoisotopic (exact) mass is 296 g/mol. The molecule has 1 atom stereocenters. The van der Waals surface area contributed by atoms with Gasteiger partial charge < -0.3 is 9.47 Å². The van der Waals surface area contributed by atoms with Gasteiger partial charge in [-0.25, -0.2) is 4.79 Å². The van der Waals surface area contributed by atoms with E-state index in [1.165, 1.54) is 13.3 Å². The van der Waals surface area contributed by atoms with Crippen LogP contribution in [0.5, 0.6) is 5.75 Å². The summed E-state index contributed by atoms with van der Waals surface area (Å²) in [5, 5.41) is 0. The molecule has 0 saturated heterocycles. The van der Waals surface area contributed by atoms with Gasteiger partial charge in [-0.1, -0.05) is 30.3 Å². The number of ether oxygens (including phenoxy) is 2. The second kappa shape index (κ2) is 5.97. The molecule has 1 aromatic heterocycles. The summed E-state index contributed by atoms with van der Waals surface area (Å²) in [5.74, 6) is 0.134. The Bertz CT molecular complexity index is 726. The molecule has 1 unspecified atom stereocenters. The van der Waals surface area contributed by atoms with E-state index in [4.69, 9.17) is 9.47 Å². The zero-order valence-electron chi connectivity index (χ0n) is 12.4. The summed E-state index contributed by atoms with van der Waals surface area (Å²) in [4.78, 5) is 20.3. The van der Waals surface area contributed by atoms with Gasteiger partial charge in [0.2, 0.25) is 0 Å².